The van der Waals surface area contributed by atoms with Crippen molar-refractivity contribution < 1.29 is 14.0 Å². The number of nitrogens with zero attached hydrogens (tertiary/aromatic N) is 1. The highest BCUT2D eigenvalue weighted by Gasteiger charge is 2.15. The molecule has 0 radical (unpaired) electrons. The van der Waals surface area contributed by atoms with Gasteiger partial charge in [-0.2, -0.15) is 0 Å². The van der Waals surface area contributed by atoms with Crippen LogP contribution in [0.4, 0.5) is 5.69 Å². The Balaban J connectivity index is 1.33. The number of rotatable bonds is 7. The SMILES string of the molecule is Cc1ccc(C(=O)Nc2cccc(CNC(=O)Cc3nc(-c4cccs4)oc3C)c2)cc1. The van der Waals surface area contributed by atoms with Gasteiger partial charge in [-0.05, 0) is 55.1 Å². The van der Waals surface area contributed by atoms with Crippen LogP contribution in [0.15, 0.2) is 70.5 Å². The van der Waals surface area contributed by atoms with Gasteiger partial charge in [0.05, 0.1) is 17.0 Å². The minimum absolute atomic E-state index is 0.143. The molecule has 0 saturated heterocycles. The molecule has 162 valence electrons. The van der Waals surface area contributed by atoms with Crippen molar-refractivity contribution in [1.82, 2.24) is 10.3 Å². The zero-order valence-corrected chi connectivity index (χ0v) is 18.7. The molecule has 0 bridgehead atoms. The van der Waals surface area contributed by atoms with Gasteiger partial charge in [-0.15, -0.1) is 11.3 Å². The largest absolute Gasteiger partial charge is 0.440 e. The van der Waals surface area contributed by atoms with E-state index in [4.69, 9.17) is 4.42 Å². The number of aromatic nitrogens is 1. The smallest absolute Gasteiger partial charge is 0.255 e. The molecule has 2 amide bonds. The minimum atomic E-state index is -0.172. The van der Waals surface area contributed by atoms with Gasteiger partial charge in [0.1, 0.15) is 5.76 Å². The second kappa shape index (κ2) is 9.62. The highest BCUT2D eigenvalue weighted by Crippen LogP contribution is 2.26. The summed E-state index contributed by atoms with van der Waals surface area (Å²) in [6.45, 7) is 4.14. The molecule has 2 N–H and O–H groups in total. The maximum Gasteiger partial charge on any atom is 0.255 e. The van der Waals surface area contributed by atoms with Crippen LogP contribution in [-0.2, 0) is 17.8 Å². The fourth-order valence-corrected chi connectivity index (χ4v) is 3.83. The highest BCUT2D eigenvalue weighted by molar-refractivity contribution is 7.13. The highest BCUT2D eigenvalue weighted by atomic mass is 32.1. The molecule has 0 unspecified atom stereocenters. The Hall–Kier alpha value is -3.71. The second-order valence-corrected chi connectivity index (χ2v) is 8.42. The first kappa shape index (κ1) is 21.5. The molecule has 0 fully saturated rings. The maximum absolute atomic E-state index is 12.4. The minimum Gasteiger partial charge on any atom is -0.440 e. The van der Waals surface area contributed by atoms with Crippen LogP contribution in [-0.4, -0.2) is 16.8 Å². The van der Waals surface area contributed by atoms with E-state index in [1.54, 1.807) is 23.5 Å². The van der Waals surface area contributed by atoms with Gasteiger partial charge in [0.15, 0.2) is 0 Å². The van der Waals surface area contributed by atoms with Crippen molar-refractivity contribution in [2.75, 3.05) is 5.32 Å². The van der Waals surface area contributed by atoms with Gasteiger partial charge >= 0.3 is 0 Å². The van der Waals surface area contributed by atoms with Crippen LogP contribution < -0.4 is 10.6 Å². The first-order valence-electron chi connectivity index (χ1n) is 10.2. The molecule has 32 heavy (non-hydrogen) atoms. The zero-order valence-electron chi connectivity index (χ0n) is 17.8. The van der Waals surface area contributed by atoms with E-state index in [2.05, 4.69) is 15.6 Å². The van der Waals surface area contributed by atoms with Crippen molar-refractivity contribution >= 4 is 28.8 Å². The summed E-state index contributed by atoms with van der Waals surface area (Å²) in [7, 11) is 0. The summed E-state index contributed by atoms with van der Waals surface area (Å²) < 4.78 is 5.70. The number of carbonyl (C=O) groups excluding carboxylic acids is 2. The summed E-state index contributed by atoms with van der Waals surface area (Å²) in [5.74, 6) is 0.865. The van der Waals surface area contributed by atoms with E-state index in [-0.39, 0.29) is 18.2 Å². The Labute approximate surface area is 190 Å². The second-order valence-electron chi connectivity index (χ2n) is 7.47. The number of amides is 2. The van der Waals surface area contributed by atoms with Crippen LogP contribution in [0.5, 0.6) is 0 Å². The molecule has 4 aromatic rings. The molecule has 0 spiro atoms. The molecule has 0 aliphatic heterocycles. The van der Waals surface area contributed by atoms with Crippen LogP contribution in [0.3, 0.4) is 0 Å². The molecule has 7 heteroatoms. The number of anilines is 1. The van der Waals surface area contributed by atoms with Gasteiger partial charge in [-0.3, -0.25) is 9.59 Å². The Morgan fingerprint density at radius 1 is 1.03 bits per heavy atom. The van der Waals surface area contributed by atoms with Crippen LogP contribution in [0, 0.1) is 13.8 Å². The lowest BCUT2D eigenvalue weighted by Crippen LogP contribution is -2.25. The fraction of sp³-hybridized carbons (Fsp3) is 0.160. The van der Waals surface area contributed by atoms with Crippen LogP contribution in [0.1, 0.15) is 32.9 Å². The van der Waals surface area contributed by atoms with E-state index < -0.39 is 0 Å². The maximum atomic E-state index is 12.4. The Kier molecular flexibility index (Phi) is 6.47. The topological polar surface area (TPSA) is 84.2 Å². The quantitative estimate of drug-likeness (QED) is 0.413. The van der Waals surface area contributed by atoms with E-state index in [0.29, 0.717) is 35.1 Å². The number of hydrogen-bond acceptors (Lipinski definition) is 5. The number of benzene rings is 2. The first-order valence-corrected chi connectivity index (χ1v) is 11.1. The average molecular weight is 446 g/mol. The standard InChI is InChI=1S/C25H23N3O3S/c1-16-8-10-19(11-9-16)24(30)27-20-6-3-5-18(13-20)15-26-23(29)14-21-17(2)31-25(28-21)22-7-4-12-32-22/h3-13H,14-15H2,1-2H3,(H,26,29)(H,27,30). The van der Waals surface area contributed by atoms with Crippen molar-refractivity contribution in [3.8, 4) is 10.8 Å². The summed E-state index contributed by atoms with van der Waals surface area (Å²) in [5, 5.41) is 7.76. The lowest BCUT2D eigenvalue weighted by atomic mass is 10.1. The zero-order chi connectivity index (χ0) is 22.5. The van der Waals surface area contributed by atoms with E-state index in [1.807, 2.05) is 67.8 Å². The summed E-state index contributed by atoms with van der Waals surface area (Å²) in [6, 6.07) is 18.7. The van der Waals surface area contributed by atoms with Crippen molar-refractivity contribution in [2.24, 2.45) is 0 Å². The Morgan fingerprint density at radius 3 is 2.59 bits per heavy atom. The number of aryl methyl sites for hydroxylation is 2. The molecule has 0 aliphatic carbocycles. The lowest BCUT2D eigenvalue weighted by molar-refractivity contribution is -0.120. The number of oxazole rings is 1. The molecular formula is C25H23N3O3S. The summed E-state index contributed by atoms with van der Waals surface area (Å²) in [6.07, 6.45) is 0.143. The molecule has 0 atom stereocenters. The number of nitrogens with one attached hydrogen (secondary N) is 2. The molecular weight excluding hydrogens is 422 g/mol. The van der Waals surface area contributed by atoms with Gasteiger partial charge < -0.3 is 15.1 Å². The molecule has 4 rings (SSSR count). The molecule has 0 aliphatic rings. The van der Waals surface area contributed by atoms with Crippen molar-refractivity contribution in [1.29, 1.82) is 0 Å². The van der Waals surface area contributed by atoms with Crippen LogP contribution in [0.2, 0.25) is 0 Å². The fourth-order valence-electron chi connectivity index (χ4n) is 3.18. The molecule has 2 aromatic heterocycles. The number of carbonyl (C=O) groups is 2. The van der Waals surface area contributed by atoms with Gasteiger partial charge in [-0.25, -0.2) is 4.98 Å². The summed E-state index contributed by atoms with van der Waals surface area (Å²) >= 11 is 1.54. The third kappa shape index (κ3) is 5.31. The van der Waals surface area contributed by atoms with Crippen LogP contribution in [0.25, 0.3) is 10.8 Å². The van der Waals surface area contributed by atoms with Crippen molar-refractivity contribution in [2.45, 2.75) is 26.8 Å². The van der Waals surface area contributed by atoms with Gasteiger partial charge in [0, 0.05) is 17.8 Å². The Morgan fingerprint density at radius 2 is 1.84 bits per heavy atom. The molecule has 2 aromatic carbocycles. The summed E-state index contributed by atoms with van der Waals surface area (Å²) in [4.78, 5) is 30.3. The van der Waals surface area contributed by atoms with Gasteiger partial charge in [0.2, 0.25) is 11.8 Å². The predicted octanol–water partition coefficient (Wildman–Crippen LogP) is 5.13. The normalized spacial score (nSPS) is 10.7. The van der Waals surface area contributed by atoms with E-state index in [0.717, 1.165) is 16.0 Å². The number of hydrogen-bond donors (Lipinski definition) is 2. The molecule has 0 saturated carbocycles. The Bertz CT molecular complexity index is 1230. The van der Waals surface area contributed by atoms with E-state index in [9.17, 15) is 9.59 Å². The first-order chi connectivity index (χ1) is 15.5. The predicted molar refractivity (Wildman–Crippen MR) is 126 cm³/mol. The third-order valence-corrected chi connectivity index (χ3v) is 5.80. The monoisotopic (exact) mass is 445 g/mol. The molecule has 6 nitrogen and oxygen atoms in total. The van der Waals surface area contributed by atoms with Crippen molar-refractivity contribution in [3.63, 3.8) is 0 Å². The third-order valence-electron chi connectivity index (χ3n) is 4.94. The van der Waals surface area contributed by atoms with Gasteiger partial charge in [0.25, 0.3) is 5.91 Å². The summed E-state index contributed by atoms with van der Waals surface area (Å²) in [5.41, 5.74) is 3.89. The van der Waals surface area contributed by atoms with E-state index >= 15 is 0 Å². The number of thiophene rings is 1. The lowest BCUT2D eigenvalue weighted by Gasteiger charge is -2.09. The van der Waals surface area contributed by atoms with Gasteiger partial charge in [-0.1, -0.05) is 35.9 Å². The average Bonchev–Trinajstić information content (AvgIpc) is 3.43. The van der Waals surface area contributed by atoms with Crippen LogP contribution >= 0.6 is 11.3 Å². The molecule has 2 heterocycles. The van der Waals surface area contributed by atoms with Crippen molar-refractivity contribution in [3.05, 3.63) is 94.2 Å². The van der Waals surface area contributed by atoms with E-state index in [1.165, 1.54) is 0 Å².